The molecule has 1 amide bonds. The van der Waals surface area contributed by atoms with Crippen molar-refractivity contribution in [2.45, 2.75) is 86.9 Å². The number of thioether (sulfide) groups is 1. The van der Waals surface area contributed by atoms with Gasteiger partial charge >= 0.3 is 6.09 Å². The number of aliphatic imine (C=N–C) groups is 1. The lowest BCUT2D eigenvalue weighted by molar-refractivity contribution is 0.0541. The highest BCUT2D eigenvalue weighted by Gasteiger charge is 2.14. The maximum atomic E-state index is 10.5. The number of ether oxygens (including phenoxy) is 2. The van der Waals surface area contributed by atoms with Crippen LogP contribution in [0.25, 0.3) is 22.2 Å². The van der Waals surface area contributed by atoms with E-state index in [0.717, 1.165) is 57.9 Å². The summed E-state index contributed by atoms with van der Waals surface area (Å²) in [6.07, 6.45) is 5.61. The Morgan fingerprint density at radius 2 is 1.81 bits per heavy atom. The van der Waals surface area contributed by atoms with E-state index in [2.05, 4.69) is 44.0 Å². The van der Waals surface area contributed by atoms with Gasteiger partial charge in [-0.25, -0.2) is 9.78 Å². The fraction of sp³-hybridized carbons (Fsp3) is 0.500. The normalized spacial score (nSPS) is 14.3. The molecule has 3 heterocycles. The molecule has 0 aliphatic carbocycles. The highest BCUT2D eigenvalue weighted by atomic mass is 32.2. The third kappa shape index (κ3) is 13.0. The van der Waals surface area contributed by atoms with Crippen LogP contribution in [0, 0.1) is 0 Å². The molecule has 42 heavy (non-hydrogen) atoms. The average Bonchev–Trinajstić information content (AvgIpc) is 3.40. The zero-order valence-corrected chi connectivity index (χ0v) is 27.8. The Balaban J connectivity index is 0.000000578. The molecule has 10 heteroatoms. The first-order chi connectivity index (χ1) is 20.2. The number of hydrazone groups is 1. The Labute approximate surface area is 256 Å². The third-order valence-corrected chi connectivity index (χ3v) is 6.22. The molecule has 0 unspecified atom stereocenters. The van der Waals surface area contributed by atoms with Gasteiger partial charge in [0.1, 0.15) is 17.0 Å². The molecule has 0 saturated carbocycles. The number of nitrogens with zero attached hydrogens (tertiary/aromatic N) is 3. The van der Waals surface area contributed by atoms with Crippen LogP contribution in [-0.4, -0.2) is 58.5 Å². The summed E-state index contributed by atoms with van der Waals surface area (Å²) in [6.45, 7) is 18.3. The number of amides is 1. The minimum absolute atomic E-state index is 0.0889. The molecule has 1 aromatic carbocycles. The summed E-state index contributed by atoms with van der Waals surface area (Å²) >= 11 is 1.78. The van der Waals surface area contributed by atoms with E-state index in [0.29, 0.717) is 5.88 Å². The van der Waals surface area contributed by atoms with Crippen molar-refractivity contribution in [1.29, 1.82) is 0 Å². The van der Waals surface area contributed by atoms with Crippen LogP contribution in [0.1, 0.15) is 80.7 Å². The van der Waals surface area contributed by atoms with Crippen LogP contribution >= 0.6 is 11.8 Å². The molecule has 0 fully saturated rings. The Kier molecular flexibility index (Phi) is 17.0. The number of hydrogen-bond donors (Lipinski definition) is 3. The van der Waals surface area contributed by atoms with E-state index in [-0.39, 0.29) is 17.8 Å². The molecule has 0 spiro atoms. The van der Waals surface area contributed by atoms with Crippen LogP contribution in [0.4, 0.5) is 4.79 Å². The monoisotopic (exact) mass is 598 g/mol. The molecule has 0 saturated heterocycles. The van der Waals surface area contributed by atoms with Gasteiger partial charge in [0.2, 0.25) is 5.88 Å². The van der Waals surface area contributed by atoms with Crippen LogP contribution in [0.5, 0.6) is 5.88 Å². The number of nitrogens with one attached hydrogen (secondary N) is 3. The molecule has 1 aliphatic rings. The van der Waals surface area contributed by atoms with Gasteiger partial charge < -0.3 is 19.8 Å². The van der Waals surface area contributed by atoms with Gasteiger partial charge in [-0.1, -0.05) is 39.8 Å². The van der Waals surface area contributed by atoms with E-state index in [9.17, 15) is 4.79 Å². The molecule has 0 bridgehead atoms. The van der Waals surface area contributed by atoms with Gasteiger partial charge in [0, 0.05) is 47.9 Å². The number of pyridine rings is 1. The lowest BCUT2D eigenvalue weighted by atomic mass is 10.1. The Morgan fingerprint density at radius 3 is 2.45 bits per heavy atom. The van der Waals surface area contributed by atoms with Crippen molar-refractivity contribution in [2.75, 3.05) is 19.3 Å². The molecular weight excluding hydrogens is 548 g/mol. The Hall–Kier alpha value is -3.53. The Morgan fingerprint density at radius 1 is 1.07 bits per heavy atom. The van der Waals surface area contributed by atoms with Crippen LogP contribution in [0.2, 0.25) is 0 Å². The van der Waals surface area contributed by atoms with Crippen LogP contribution in [-0.2, 0) is 4.74 Å². The summed E-state index contributed by atoms with van der Waals surface area (Å²) < 4.78 is 10.6. The zero-order valence-electron chi connectivity index (χ0n) is 27.0. The molecule has 0 atom stereocenters. The third-order valence-electron chi connectivity index (χ3n) is 5.12. The molecule has 3 aromatic rings. The highest BCUT2D eigenvalue weighted by Crippen LogP contribution is 2.30. The first-order valence-corrected chi connectivity index (χ1v) is 15.8. The van der Waals surface area contributed by atoms with Gasteiger partial charge in [-0.15, -0.1) is 11.8 Å². The van der Waals surface area contributed by atoms with E-state index in [4.69, 9.17) is 14.5 Å². The summed E-state index contributed by atoms with van der Waals surface area (Å²) in [6, 6.07) is 12.3. The number of hydrogen-bond acceptors (Lipinski definition) is 8. The molecule has 2 aromatic heterocycles. The van der Waals surface area contributed by atoms with E-state index in [1.165, 1.54) is 7.05 Å². The first kappa shape index (κ1) is 36.5. The average molecular weight is 599 g/mol. The number of aromatic amines is 1. The fourth-order valence-corrected chi connectivity index (χ4v) is 4.47. The summed E-state index contributed by atoms with van der Waals surface area (Å²) in [4.78, 5) is 22.8. The highest BCUT2D eigenvalue weighted by molar-refractivity contribution is 8.14. The quantitative estimate of drug-likeness (QED) is 0.280. The van der Waals surface area contributed by atoms with Gasteiger partial charge in [0.15, 0.2) is 0 Å². The van der Waals surface area contributed by atoms with Crippen molar-refractivity contribution in [1.82, 2.24) is 20.7 Å². The van der Waals surface area contributed by atoms with E-state index in [1.54, 1.807) is 18.1 Å². The van der Waals surface area contributed by atoms with Crippen molar-refractivity contribution in [2.24, 2.45) is 10.1 Å². The first-order valence-electron chi connectivity index (χ1n) is 14.8. The van der Waals surface area contributed by atoms with Crippen molar-refractivity contribution >= 4 is 40.1 Å². The summed E-state index contributed by atoms with van der Waals surface area (Å²) in [5, 5.41) is 8.98. The smallest absolute Gasteiger partial charge is 0.407 e. The van der Waals surface area contributed by atoms with Gasteiger partial charge in [-0.05, 0) is 71.4 Å². The topological polar surface area (TPSA) is 113 Å². The van der Waals surface area contributed by atoms with Gasteiger partial charge in [-0.3, -0.25) is 10.4 Å². The predicted octanol–water partition coefficient (Wildman–Crippen LogP) is 8.02. The number of alkyl carbamates (subject to hydrolysis) is 1. The molecule has 1 aliphatic heterocycles. The molecule has 232 valence electrons. The maximum Gasteiger partial charge on any atom is 0.407 e. The predicted molar refractivity (Wildman–Crippen MR) is 180 cm³/mol. The van der Waals surface area contributed by atoms with E-state index < -0.39 is 0 Å². The molecule has 3 N–H and O–H groups in total. The van der Waals surface area contributed by atoms with E-state index in [1.807, 2.05) is 86.7 Å². The van der Waals surface area contributed by atoms with Crippen LogP contribution < -0.4 is 15.5 Å². The SMILES string of the molecule is CC.CC.CC(C)Oc1cccc(-c2c[nH]c3ccc(/C4=N/NC=NCCCCS4)cc23)n1.CNC(=O)OC(C)(C)C. The van der Waals surface area contributed by atoms with Crippen molar-refractivity contribution in [3.05, 3.63) is 48.2 Å². The number of carbonyl (C=O) groups excluding carboxylic acids is 1. The molecule has 4 rings (SSSR count). The van der Waals surface area contributed by atoms with E-state index >= 15 is 0 Å². The summed E-state index contributed by atoms with van der Waals surface area (Å²) in [5.41, 5.74) is 6.66. The van der Waals surface area contributed by atoms with Gasteiger partial charge in [0.25, 0.3) is 0 Å². The number of benzene rings is 1. The lowest BCUT2D eigenvalue weighted by Crippen LogP contribution is -2.30. The number of H-pyrrole nitrogens is 1. The van der Waals surface area contributed by atoms with Crippen LogP contribution in [0.3, 0.4) is 0 Å². The summed E-state index contributed by atoms with van der Waals surface area (Å²) in [5.74, 6) is 1.67. The second-order valence-corrected chi connectivity index (χ2v) is 11.0. The number of carbonyl (C=O) groups is 1. The number of aromatic nitrogens is 2. The number of rotatable bonds is 4. The van der Waals surface area contributed by atoms with Crippen molar-refractivity contribution < 1.29 is 14.3 Å². The minimum atomic E-state index is -0.389. The second-order valence-electron chi connectivity index (χ2n) is 9.88. The largest absolute Gasteiger partial charge is 0.475 e. The minimum Gasteiger partial charge on any atom is -0.475 e. The summed E-state index contributed by atoms with van der Waals surface area (Å²) in [7, 11) is 1.54. The van der Waals surface area contributed by atoms with Crippen molar-refractivity contribution in [3.8, 4) is 17.1 Å². The molecular formula is C32H50N6O3S. The standard InChI is InChI=1S/C22H25N5OS.C6H13NO2.2C2H6/c1-15(2)28-21-7-5-6-20(26-21)18-13-24-19-9-8-16(12-17(18)19)22-27-25-14-23-10-3-4-11-29-22;1-6(2,3)9-5(8)7-4;2*1-2/h5-9,12-15,24H,3-4,10-11H2,1-2H3,(H,23,25);1-4H3,(H,7,8);2*1-2H3/b27-22-;;;. The fourth-order valence-electron chi connectivity index (χ4n) is 3.51. The maximum absolute atomic E-state index is 10.5. The van der Waals surface area contributed by atoms with Gasteiger partial charge in [-0.2, -0.15) is 5.10 Å². The Bertz CT molecular complexity index is 1260. The zero-order chi connectivity index (χ0) is 31.5. The lowest BCUT2D eigenvalue weighted by Gasteiger charge is -2.18. The van der Waals surface area contributed by atoms with Crippen LogP contribution in [0.15, 0.2) is 52.7 Å². The number of fused-ring (bicyclic) bond motifs is 1. The molecule has 0 radical (unpaired) electrons. The van der Waals surface area contributed by atoms with Crippen molar-refractivity contribution in [3.63, 3.8) is 0 Å². The second kappa shape index (κ2) is 19.6. The van der Waals surface area contributed by atoms with Gasteiger partial charge in [0.05, 0.1) is 11.8 Å². The molecule has 9 nitrogen and oxygen atoms in total.